The normalized spacial score (nSPS) is 29.7. The second-order valence-corrected chi connectivity index (χ2v) is 4.60. The van der Waals surface area contributed by atoms with Crippen LogP contribution in [0.4, 0.5) is 0 Å². The number of amides is 1. The summed E-state index contributed by atoms with van der Waals surface area (Å²) in [5.41, 5.74) is 5.12. The number of rotatable bonds is 3. The van der Waals surface area contributed by atoms with E-state index >= 15 is 0 Å². The molecule has 1 aromatic rings. The average molecular weight is 492 g/mol. The van der Waals surface area contributed by atoms with Crippen LogP contribution in [0.3, 0.4) is 0 Å². The van der Waals surface area contributed by atoms with Gasteiger partial charge in [-0.25, -0.2) is 9.67 Å². The molecule has 0 aromatic carbocycles. The quantitative estimate of drug-likeness (QED) is 0.659. The van der Waals surface area contributed by atoms with E-state index in [2.05, 4.69) is 68.1 Å². The van der Waals surface area contributed by atoms with Crippen LogP contribution in [0, 0.1) is 11.8 Å². The molecular weight excluding hydrogens is 474 g/mol. The Morgan fingerprint density at radius 3 is 2.53 bits per heavy atom. The first-order valence-corrected chi connectivity index (χ1v) is 12.3. The van der Waals surface area contributed by atoms with Gasteiger partial charge in [-0.2, -0.15) is 0 Å². The molecule has 1 fully saturated rings. The molecule has 1 aromatic heterocycles. The summed E-state index contributed by atoms with van der Waals surface area (Å²) in [6, 6.07) is 0. The number of ether oxygens (including phenoxy) is 1. The lowest BCUT2D eigenvalue weighted by Crippen LogP contribution is -2.18. The molecule has 19 heavy (non-hydrogen) atoms. The van der Waals surface area contributed by atoms with E-state index in [9.17, 15) is 4.79 Å². The van der Waals surface area contributed by atoms with Crippen LogP contribution in [0.2, 0.25) is 0 Å². The molecule has 1 aliphatic heterocycles. The van der Waals surface area contributed by atoms with E-state index in [-0.39, 0.29) is 18.2 Å². The number of hydrogen-bond donors (Lipinski definition) is 1. The SMILES string of the molecule is CC[C@H]1O[C@@H](n2cnc(C(N)=O)n2)[C@H](C)[C@@H]1C.II. The summed E-state index contributed by atoms with van der Waals surface area (Å²) in [4.78, 5) is 14.8. The maximum Gasteiger partial charge on any atom is 0.288 e. The highest BCUT2D eigenvalue weighted by molar-refractivity contribution is 15.0. The Morgan fingerprint density at radius 2 is 2.11 bits per heavy atom. The summed E-state index contributed by atoms with van der Waals surface area (Å²) in [6.45, 7) is 6.40. The minimum Gasteiger partial charge on any atom is -0.363 e. The summed E-state index contributed by atoms with van der Waals surface area (Å²) in [5.74, 6) is 0.219. The predicted octanol–water partition coefficient (Wildman–Crippen LogP) is 2.73. The molecule has 0 spiro atoms. The van der Waals surface area contributed by atoms with Crippen molar-refractivity contribution in [2.24, 2.45) is 17.6 Å². The van der Waals surface area contributed by atoms with Crippen molar-refractivity contribution in [1.29, 1.82) is 0 Å². The van der Waals surface area contributed by atoms with Crippen LogP contribution in [0.1, 0.15) is 44.0 Å². The van der Waals surface area contributed by atoms with Gasteiger partial charge in [0.05, 0.1) is 6.10 Å². The van der Waals surface area contributed by atoms with Crippen molar-refractivity contribution in [3.63, 3.8) is 0 Å². The van der Waals surface area contributed by atoms with Crippen molar-refractivity contribution in [2.75, 3.05) is 0 Å². The van der Waals surface area contributed by atoms with Crippen molar-refractivity contribution >= 4 is 43.1 Å². The standard InChI is InChI=1S/C11H18N4O2.I2/c1-4-8-6(2)7(3)11(17-8)15-5-13-10(14-15)9(12)16;1-2/h5-8,11H,4H2,1-3H3,(H2,12,16);/t6-,7+,8+,11+;/m0./s1. The topological polar surface area (TPSA) is 83.0 Å². The third kappa shape index (κ3) is 3.78. The van der Waals surface area contributed by atoms with Gasteiger partial charge in [0.15, 0.2) is 6.23 Å². The molecule has 0 unspecified atom stereocenters. The Balaban J connectivity index is 0.000000861. The van der Waals surface area contributed by atoms with Crippen LogP contribution in [0.15, 0.2) is 6.33 Å². The number of carbonyl (C=O) groups excluding carboxylic acids is 1. The third-order valence-electron chi connectivity index (χ3n) is 3.57. The number of hydrogen-bond acceptors (Lipinski definition) is 4. The zero-order valence-corrected chi connectivity index (χ0v) is 15.4. The van der Waals surface area contributed by atoms with Gasteiger partial charge in [0.25, 0.3) is 5.91 Å². The molecule has 1 amide bonds. The zero-order valence-electron chi connectivity index (χ0n) is 11.1. The Hall–Kier alpha value is 0.0300. The number of halogens is 2. The van der Waals surface area contributed by atoms with Gasteiger partial charge in [-0.3, -0.25) is 4.79 Å². The Bertz CT molecular complexity index is 427. The van der Waals surface area contributed by atoms with Crippen LogP contribution in [0.25, 0.3) is 0 Å². The Kier molecular flexibility index (Phi) is 6.94. The molecule has 6 nitrogen and oxygen atoms in total. The van der Waals surface area contributed by atoms with Crippen LogP contribution < -0.4 is 5.73 Å². The molecule has 1 saturated heterocycles. The van der Waals surface area contributed by atoms with E-state index in [1.165, 1.54) is 6.33 Å². The van der Waals surface area contributed by atoms with Crippen molar-refractivity contribution in [3.8, 4) is 0 Å². The van der Waals surface area contributed by atoms with E-state index in [1.807, 2.05) is 0 Å². The Labute approximate surface area is 136 Å². The van der Waals surface area contributed by atoms with Gasteiger partial charge in [0.2, 0.25) is 5.82 Å². The van der Waals surface area contributed by atoms with E-state index in [1.54, 1.807) is 4.68 Å². The smallest absolute Gasteiger partial charge is 0.288 e. The maximum atomic E-state index is 10.9. The molecule has 2 N–H and O–H groups in total. The van der Waals surface area contributed by atoms with Crippen LogP contribution >= 0.6 is 37.2 Å². The molecule has 4 atom stereocenters. The molecule has 0 radical (unpaired) electrons. The predicted molar refractivity (Wildman–Crippen MR) is 89.1 cm³/mol. The van der Waals surface area contributed by atoms with Crippen LogP contribution in [0.5, 0.6) is 0 Å². The first-order chi connectivity index (χ1) is 9.04. The fourth-order valence-electron chi connectivity index (χ4n) is 2.31. The van der Waals surface area contributed by atoms with E-state index in [4.69, 9.17) is 10.5 Å². The molecule has 2 heterocycles. The molecule has 108 valence electrons. The lowest BCUT2D eigenvalue weighted by atomic mass is 9.92. The number of carbonyl (C=O) groups is 1. The lowest BCUT2D eigenvalue weighted by molar-refractivity contribution is -0.0215. The largest absolute Gasteiger partial charge is 0.363 e. The molecule has 0 saturated carbocycles. The number of nitrogens with two attached hydrogens (primary N) is 1. The lowest BCUT2D eigenvalue weighted by Gasteiger charge is -2.15. The molecule has 8 heteroatoms. The summed E-state index contributed by atoms with van der Waals surface area (Å²) in [5, 5.41) is 4.05. The van der Waals surface area contributed by atoms with E-state index < -0.39 is 5.91 Å². The third-order valence-corrected chi connectivity index (χ3v) is 3.57. The molecular formula is C11H18I2N4O2. The number of aromatic nitrogens is 3. The molecule has 0 bridgehead atoms. The number of primary amides is 1. The van der Waals surface area contributed by atoms with Crippen molar-refractivity contribution in [3.05, 3.63) is 12.2 Å². The molecule has 2 rings (SSSR count). The minimum absolute atomic E-state index is 0.0356. The first kappa shape index (κ1) is 17.1. The highest BCUT2D eigenvalue weighted by Gasteiger charge is 2.39. The van der Waals surface area contributed by atoms with Gasteiger partial charge in [0, 0.05) is 43.1 Å². The number of nitrogens with zero attached hydrogens (tertiary/aromatic N) is 3. The highest BCUT2D eigenvalue weighted by Crippen LogP contribution is 2.39. The van der Waals surface area contributed by atoms with Crippen molar-refractivity contribution < 1.29 is 9.53 Å². The fourth-order valence-corrected chi connectivity index (χ4v) is 2.31. The summed E-state index contributed by atoms with van der Waals surface area (Å²) >= 11 is 4.24. The summed E-state index contributed by atoms with van der Waals surface area (Å²) in [6.07, 6.45) is 2.55. The maximum absolute atomic E-state index is 10.9. The van der Waals surface area contributed by atoms with Gasteiger partial charge in [-0.15, -0.1) is 5.10 Å². The molecule has 0 aliphatic carbocycles. The first-order valence-electron chi connectivity index (χ1n) is 6.05. The van der Waals surface area contributed by atoms with Gasteiger partial charge >= 0.3 is 0 Å². The van der Waals surface area contributed by atoms with Gasteiger partial charge in [-0.1, -0.05) is 20.8 Å². The summed E-state index contributed by atoms with van der Waals surface area (Å²) in [7, 11) is 0. The van der Waals surface area contributed by atoms with Crippen LogP contribution in [-0.4, -0.2) is 26.8 Å². The zero-order chi connectivity index (χ0) is 14.6. The van der Waals surface area contributed by atoms with Crippen molar-refractivity contribution in [2.45, 2.75) is 39.5 Å². The molecule has 1 aliphatic rings. The Morgan fingerprint density at radius 1 is 1.47 bits per heavy atom. The monoisotopic (exact) mass is 492 g/mol. The van der Waals surface area contributed by atoms with Crippen LogP contribution in [-0.2, 0) is 4.74 Å². The van der Waals surface area contributed by atoms with Gasteiger partial charge < -0.3 is 10.5 Å². The van der Waals surface area contributed by atoms with E-state index in [0.29, 0.717) is 11.8 Å². The fraction of sp³-hybridized carbons (Fsp3) is 0.727. The van der Waals surface area contributed by atoms with Gasteiger partial charge in [0.1, 0.15) is 6.33 Å². The summed E-state index contributed by atoms with van der Waals surface area (Å²) < 4.78 is 7.52. The minimum atomic E-state index is -0.616. The average Bonchev–Trinajstić information content (AvgIpc) is 2.99. The van der Waals surface area contributed by atoms with E-state index in [0.717, 1.165) is 6.42 Å². The van der Waals surface area contributed by atoms with Crippen molar-refractivity contribution in [1.82, 2.24) is 14.8 Å². The second kappa shape index (κ2) is 7.72. The second-order valence-electron chi connectivity index (χ2n) is 4.60. The highest BCUT2D eigenvalue weighted by atomic mass is 128. The van der Waals surface area contributed by atoms with Gasteiger partial charge in [-0.05, 0) is 12.3 Å².